The van der Waals surface area contributed by atoms with Gasteiger partial charge in [0.05, 0.1) is 37.5 Å². The Hall–Kier alpha value is -3.84. The summed E-state index contributed by atoms with van der Waals surface area (Å²) < 4.78 is 16.5. The molecule has 0 aliphatic carbocycles. The fourth-order valence-electron chi connectivity index (χ4n) is 5.03. The smallest absolute Gasteiger partial charge is 0.295 e. The van der Waals surface area contributed by atoms with Gasteiger partial charge in [-0.2, -0.15) is 0 Å². The van der Waals surface area contributed by atoms with Gasteiger partial charge in [0.15, 0.2) is 0 Å². The van der Waals surface area contributed by atoms with Gasteiger partial charge in [0.2, 0.25) is 0 Å². The number of aliphatic hydroxyl groups is 1. The highest BCUT2D eigenvalue weighted by Gasteiger charge is 2.47. The number of nitrogens with zero attached hydrogens (tertiary/aromatic N) is 1. The second-order valence-corrected chi connectivity index (χ2v) is 8.72. The van der Waals surface area contributed by atoms with Crippen LogP contribution in [-0.2, 0) is 14.3 Å². The van der Waals surface area contributed by atoms with Crippen LogP contribution < -0.4 is 9.47 Å². The van der Waals surface area contributed by atoms with Gasteiger partial charge in [-0.05, 0) is 41.3 Å². The van der Waals surface area contributed by atoms with Crippen LogP contribution in [0.15, 0.2) is 66.2 Å². The van der Waals surface area contributed by atoms with Crippen molar-refractivity contribution in [2.24, 2.45) is 0 Å². The van der Waals surface area contributed by atoms with Crippen molar-refractivity contribution in [2.75, 3.05) is 27.4 Å². The van der Waals surface area contributed by atoms with Gasteiger partial charge in [0.25, 0.3) is 11.7 Å². The zero-order chi connectivity index (χ0) is 24.5. The number of amides is 1. The average molecular weight is 474 g/mol. The molecule has 0 bridgehead atoms. The normalized spacial score (nSPS) is 21.6. The van der Waals surface area contributed by atoms with E-state index in [9.17, 15) is 14.7 Å². The van der Waals surface area contributed by atoms with Gasteiger partial charge in [0.1, 0.15) is 17.3 Å². The Bertz CT molecular complexity index is 1320. The third-order valence-electron chi connectivity index (χ3n) is 6.75. The van der Waals surface area contributed by atoms with Gasteiger partial charge in [-0.1, -0.05) is 42.5 Å². The number of rotatable bonds is 6. The van der Waals surface area contributed by atoms with Crippen LogP contribution in [-0.4, -0.2) is 55.2 Å². The summed E-state index contributed by atoms with van der Waals surface area (Å²) in [5.74, 6) is -0.772. The molecule has 1 N–H and O–H groups in total. The minimum Gasteiger partial charge on any atom is -0.507 e. The molecule has 1 amide bonds. The number of methoxy groups -OCH3 is 2. The molecule has 35 heavy (non-hydrogen) atoms. The molecule has 2 fully saturated rings. The van der Waals surface area contributed by atoms with Crippen molar-refractivity contribution in [1.29, 1.82) is 0 Å². The zero-order valence-electron chi connectivity index (χ0n) is 19.7. The van der Waals surface area contributed by atoms with Gasteiger partial charge in [-0.15, -0.1) is 0 Å². The molecule has 0 saturated carbocycles. The summed E-state index contributed by atoms with van der Waals surface area (Å²) >= 11 is 0. The first-order valence-electron chi connectivity index (χ1n) is 11.6. The summed E-state index contributed by atoms with van der Waals surface area (Å²) in [6, 6.07) is 17.8. The molecule has 2 heterocycles. The molecule has 3 aromatic carbocycles. The standard InChI is InChI=1S/C28H27NO6/c1-33-18-12-13-22(23(15-18)34-2)26(30)24-25(21-11-5-8-17-7-3-4-10-20(17)21)29(28(32)27(24)31)16-19-9-6-14-35-19/h3-5,7-8,10-13,15,19,25,30H,6,9,14,16H2,1-2H3/b26-24+. The lowest BCUT2D eigenvalue weighted by atomic mass is 9.91. The van der Waals surface area contributed by atoms with Gasteiger partial charge in [0, 0.05) is 19.2 Å². The van der Waals surface area contributed by atoms with Crippen molar-refractivity contribution >= 4 is 28.2 Å². The third-order valence-corrected chi connectivity index (χ3v) is 6.75. The first kappa shape index (κ1) is 22.9. The molecule has 0 radical (unpaired) electrons. The number of carbonyl (C=O) groups is 2. The maximum Gasteiger partial charge on any atom is 0.295 e. The summed E-state index contributed by atoms with van der Waals surface area (Å²) in [5, 5.41) is 13.4. The Labute approximate surface area is 203 Å². The number of aliphatic hydroxyl groups excluding tert-OH is 1. The van der Waals surface area contributed by atoms with Crippen molar-refractivity contribution in [2.45, 2.75) is 25.0 Å². The average Bonchev–Trinajstić information content (AvgIpc) is 3.50. The van der Waals surface area contributed by atoms with Crippen LogP contribution in [0.25, 0.3) is 16.5 Å². The van der Waals surface area contributed by atoms with E-state index in [1.54, 1.807) is 23.1 Å². The molecule has 0 spiro atoms. The van der Waals surface area contributed by atoms with E-state index in [0.717, 1.165) is 29.2 Å². The van der Waals surface area contributed by atoms with Crippen molar-refractivity contribution in [3.63, 3.8) is 0 Å². The molecule has 2 saturated heterocycles. The third kappa shape index (κ3) is 4.02. The number of hydrogen-bond donors (Lipinski definition) is 1. The largest absolute Gasteiger partial charge is 0.507 e. The molecule has 7 heteroatoms. The van der Waals surface area contributed by atoms with Gasteiger partial charge in [-0.3, -0.25) is 9.59 Å². The van der Waals surface area contributed by atoms with Gasteiger partial charge >= 0.3 is 0 Å². The van der Waals surface area contributed by atoms with Gasteiger partial charge < -0.3 is 24.2 Å². The van der Waals surface area contributed by atoms with E-state index in [1.165, 1.54) is 14.2 Å². The summed E-state index contributed by atoms with van der Waals surface area (Å²) in [4.78, 5) is 28.3. The lowest BCUT2D eigenvalue weighted by Crippen LogP contribution is -2.36. The van der Waals surface area contributed by atoms with Crippen molar-refractivity contribution in [3.8, 4) is 11.5 Å². The van der Waals surface area contributed by atoms with Crippen LogP contribution in [0.1, 0.15) is 30.0 Å². The molecule has 2 unspecified atom stereocenters. The molecule has 5 rings (SSSR count). The maximum atomic E-state index is 13.4. The minimum absolute atomic E-state index is 0.0350. The fraction of sp³-hybridized carbons (Fsp3) is 0.286. The molecule has 2 aliphatic rings. The van der Waals surface area contributed by atoms with Crippen LogP contribution >= 0.6 is 0 Å². The molecule has 7 nitrogen and oxygen atoms in total. The Morgan fingerprint density at radius 2 is 1.86 bits per heavy atom. The Morgan fingerprint density at radius 1 is 1.06 bits per heavy atom. The number of likely N-dealkylation sites (tertiary alicyclic amines) is 1. The molecule has 3 aromatic rings. The van der Waals surface area contributed by atoms with E-state index < -0.39 is 17.7 Å². The highest BCUT2D eigenvalue weighted by molar-refractivity contribution is 6.46. The van der Waals surface area contributed by atoms with E-state index >= 15 is 0 Å². The number of carbonyl (C=O) groups excluding carboxylic acids is 2. The summed E-state index contributed by atoms with van der Waals surface area (Å²) in [7, 11) is 3.01. The van der Waals surface area contributed by atoms with Gasteiger partial charge in [-0.25, -0.2) is 0 Å². The molecular formula is C28H27NO6. The van der Waals surface area contributed by atoms with Crippen LogP contribution in [0, 0.1) is 0 Å². The van der Waals surface area contributed by atoms with E-state index in [-0.39, 0.29) is 24.0 Å². The number of ketones is 1. The number of benzene rings is 3. The first-order valence-corrected chi connectivity index (χ1v) is 11.6. The van der Waals surface area contributed by atoms with E-state index in [1.807, 2.05) is 42.5 Å². The number of hydrogen-bond acceptors (Lipinski definition) is 6. The fourth-order valence-corrected chi connectivity index (χ4v) is 5.03. The molecular weight excluding hydrogens is 446 g/mol. The Morgan fingerprint density at radius 3 is 2.60 bits per heavy atom. The Kier molecular flexibility index (Phi) is 6.17. The summed E-state index contributed by atoms with van der Waals surface area (Å²) in [6.07, 6.45) is 1.58. The van der Waals surface area contributed by atoms with E-state index in [2.05, 4.69) is 0 Å². The predicted octanol–water partition coefficient (Wildman–Crippen LogP) is 4.46. The van der Waals surface area contributed by atoms with Crippen molar-refractivity contribution in [3.05, 3.63) is 77.4 Å². The molecule has 180 valence electrons. The van der Waals surface area contributed by atoms with Crippen LogP contribution in [0.3, 0.4) is 0 Å². The van der Waals surface area contributed by atoms with Crippen LogP contribution in [0.2, 0.25) is 0 Å². The molecule has 2 aliphatic heterocycles. The molecule has 0 aromatic heterocycles. The van der Waals surface area contributed by atoms with Crippen molar-refractivity contribution < 1.29 is 28.9 Å². The minimum atomic E-state index is -0.767. The topological polar surface area (TPSA) is 85.3 Å². The highest BCUT2D eigenvalue weighted by Crippen LogP contribution is 2.43. The van der Waals surface area contributed by atoms with Crippen molar-refractivity contribution in [1.82, 2.24) is 4.90 Å². The second kappa shape index (κ2) is 9.43. The summed E-state index contributed by atoms with van der Waals surface area (Å²) in [5.41, 5.74) is 1.12. The number of Topliss-reactive ketones (excluding diaryl/α,β-unsaturated/α-hetero) is 1. The number of ether oxygens (including phenoxy) is 3. The van der Waals surface area contributed by atoms with E-state index in [4.69, 9.17) is 14.2 Å². The first-order chi connectivity index (χ1) is 17.0. The van der Waals surface area contributed by atoms with Crippen LogP contribution in [0.4, 0.5) is 0 Å². The second-order valence-electron chi connectivity index (χ2n) is 8.72. The molecule has 2 atom stereocenters. The monoisotopic (exact) mass is 473 g/mol. The predicted molar refractivity (Wildman–Crippen MR) is 131 cm³/mol. The van der Waals surface area contributed by atoms with Crippen LogP contribution in [0.5, 0.6) is 11.5 Å². The maximum absolute atomic E-state index is 13.4. The number of fused-ring (bicyclic) bond motifs is 1. The lowest BCUT2D eigenvalue weighted by molar-refractivity contribution is -0.140. The van der Waals surface area contributed by atoms with E-state index in [0.29, 0.717) is 23.7 Å². The zero-order valence-corrected chi connectivity index (χ0v) is 19.7. The SMILES string of the molecule is COc1ccc(/C(O)=C2\C(=O)C(=O)N(CC3CCCO3)C2c2cccc3ccccc23)c(OC)c1. The highest BCUT2D eigenvalue weighted by atomic mass is 16.5. The summed E-state index contributed by atoms with van der Waals surface area (Å²) in [6.45, 7) is 0.908. The quantitative estimate of drug-likeness (QED) is 0.323. The lowest BCUT2D eigenvalue weighted by Gasteiger charge is -2.28. The Balaban J connectivity index is 1.72.